The molecule has 0 heterocycles. The molecule has 3 N–H and O–H groups in total. The maximum absolute atomic E-state index is 10.2. The van der Waals surface area contributed by atoms with Gasteiger partial charge in [0.2, 0.25) is 0 Å². The molecule has 11 heteroatoms. The van der Waals surface area contributed by atoms with Gasteiger partial charge < -0.3 is 24.5 Å². The van der Waals surface area contributed by atoms with Crippen molar-refractivity contribution in [3.05, 3.63) is 0 Å². The molecule has 78 valence electrons. The van der Waals surface area contributed by atoms with Gasteiger partial charge >= 0.3 is 31.2 Å². The van der Waals surface area contributed by atoms with Gasteiger partial charge in [-0.05, 0) is 0 Å². The van der Waals surface area contributed by atoms with Crippen LogP contribution in [0, 0.1) is 0 Å². The summed E-state index contributed by atoms with van der Waals surface area (Å²) in [5.74, 6) is -7.85. The molecule has 15 heavy (non-hydrogen) atoms. The van der Waals surface area contributed by atoms with E-state index in [4.69, 9.17) is 15.2 Å². The number of carbonyl (C=O) groups is 4. The maximum atomic E-state index is 10.2. The molecule has 9 nitrogen and oxygen atoms in total. The van der Waals surface area contributed by atoms with Crippen molar-refractivity contribution in [2.75, 3.05) is 0 Å². The van der Waals surface area contributed by atoms with Crippen LogP contribution in [0.25, 0.3) is 0 Å². The molecule has 0 radical (unpaired) electrons. The van der Waals surface area contributed by atoms with Crippen LogP contribution < -0.4 is 0 Å². The third kappa shape index (κ3) is 6.58. The summed E-state index contributed by atoms with van der Waals surface area (Å²) in [4.78, 5) is 40.0. The molecular formula is C4H3BO9Zn. The zero-order valence-corrected chi connectivity index (χ0v) is 10.0. The standard InChI is InChI=1S/C4H3BO9.Zn/c6-1(7)3(10)13-5(12)14-4(11)2(8)9;/h12H,(H,6,7)(H,8,9);. The molecule has 0 fully saturated rings. The Balaban J connectivity index is 0. The minimum Gasteiger partial charge on any atom is -0.473 e. The van der Waals surface area contributed by atoms with Crippen LogP contribution in [0.1, 0.15) is 0 Å². The minimum atomic E-state index is -2.57. The van der Waals surface area contributed by atoms with Gasteiger partial charge in [0.05, 0.1) is 0 Å². The summed E-state index contributed by atoms with van der Waals surface area (Å²) in [6.45, 7) is 0. The van der Waals surface area contributed by atoms with Crippen LogP contribution in [-0.2, 0) is 48.0 Å². The van der Waals surface area contributed by atoms with Gasteiger partial charge in [0.1, 0.15) is 0 Å². The van der Waals surface area contributed by atoms with Crippen LogP contribution in [0.2, 0.25) is 0 Å². The van der Waals surface area contributed by atoms with E-state index >= 15 is 0 Å². The second-order valence-corrected chi connectivity index (χ2v) is 1.73. The zero-order valence-electron chi connectivity index (χ0n) is 7.08. The summed E-state index contributed by atoms with van der Waals surface area (Å²) in [6.07, 6.45) is 0. The number of carbonyl (C=O) groups excluding carboxylic acids is 2. The van der Waals surface area contributed by atoms with Gasteiger partial charge in [0.15, 0.2) is 0 Å². The van der Waals surface area contributed by atoms with Crippen molar-refractivity contribution < 1.29 is 63.2 Å². The Kier molecular flexibility index (Phi) is 7.35. The Morgan fingerprint density at radius 1 is 0.867 bits per heavy atom. The molecule has 0 aliphatic heterocycles. The molecule has 0 aliphatic carbocycles. The molecular weight excluding hydrogens is 268 g/mol. The minimum absolute atomic E-state index is 0. The topological polar surface area (TPSA) is 147 Å². The van der Waals surface area contributed by atoms with E-state index in [9.17, 15) is 19.2 Å². The van der Waals surface area contributed by atoms with Crippen LogP contribution in [0.5, 0.6) is 0 Å². The molecule has 0 rings (SSSR count). The second-order valence-electron chi connectivity index (χ2n) is 1.73. The predicted molar refractivity (Wildman–Crippen MR) is 35.4 cm³/mol. The van der Waals surface area contributed by atoms with Crippen LogP contribution in [-0.4, -0.2) is 46.4 Å². The monoisotopic (exact) mass is 270 g/mol. The number of carboxylic acid groups (broad SMARTS) is 2. The quantitative estimate of drug-likeness (QED) is 0.358. The van der Waals surface area contributed by atoms with Gasteiger partial charge in [-0.2, -0.15) is 0 Å². The molecule has 0 unspecified atom stereocenters. The molecule has 0 spiro atoms. The van der Waals surface area contributed by atoms with Gasteiger partial charge in [-0.3, -0.25) is 0 Å². The van der Waals surface area contributed by atoms with Crippen LogP contribution in [0.4, 0.5) is 0 Å². The van der Waals surface area contributed by atoms with Crippen LogP contribution in [0.3, 0.4) is 0 Å². The SMILES string of the molecule is O=C(O)C(=O)OB(O)OC(=O)C(=O)O.[Zn]. The summed E-state index contributed by atoms with van der Waals surface area (Å²) in [6, 6.07) is 0. The maximum Gasteiger partial charge on any atom is 0.789 e. The molecule has 0 amide bonds. The van der Waals surface area contributed by atoms with Crippen molar-refractivity contribution in [2.24, 2.45) is 0 Å². The predicted octanol–water partition coefficient (Wildman–Crippen LogP) is -2.78. The Morgan fingerprint density at radius 3 is 1.33 bits per heavy atom. The van der Waals surface area contributed by atoms with Gasteiger partial charge in [-0.25, -0.2) is 19.2 Å². The average Bonchev–Trinajstić information content (AvgIpc) is 2.03. The molecule has 0 saturated heterocycles. The first-order valence-corrected chi connectivity index (χ1v) is 2.90. The first-order valence-electron chi connectivity index (χ1n) is 2.90. The van der Waals surface area contributed by atoms with Gasteiger partial charge in [-0.15, -0.1) is 0 Å². The van der Waals surface area contributed by atoms with E-state index in [-0.39, 0.29) is 19.5 Å². The van der Waals surface area contributed by atoms with Crippen molar-refractivity contribution in [1.29, 1.82) is 0 Å². The summed E-state index contributed by atoms with van der Waals surface area (Å²) >= 11 is 0. The van der Waals surface area contributed by atoms with Gasteiger partial charge in [0.25, 0.3) is 0 Å². The Bertz CT molecular complexity index is 260. The van der Waals surface area contributed by atoms with Crippen molar-refractivity contribution in [1.82, 2.24) is 0 Å². The van der Waals surface area contributed by atoms with E-state index in [1.165, 1.54) is 0 Å². The normalized spacial score (nSPS) is 8.07. The molecule has 0 saturated carbocycles. The molecule has 0 aromatic carbocycles. The van der Waals surface area contributed by atoms with E-state index in [0.29, 0.717) is 0 Å². The van der Waals surface area contributed by atoms with E-state index in [1.807, 2.05) is 0 Å². The van der Waals surface area contributed by atoms with Crippen molar-refractivity contribution in [3.63, 3.8) is 0 Å². The fourth-order valence-electron chi connectivity index (χ4n) is 0.308. The Labute approximate surface area is 94.9 Å². The number of hydrogen-bond acceptors (Lipinski definition) is 7. The van der Waals surface area contributed by atoms with Gasteiger partial charge in [0, 0.05) is 19.5 Å². The van der Waals surface area contributed by atoms with E-state index < -0.39 is 31.2 Å². The first kappa shape index (κ1) is 16.0. The molecule has 0 aromatic heterocycles. The fourth-order valence-corrected chi connectivity index (χ4v) is 0.308. The second kappa shape index (κ2) is 6.91. The van der Waals surface area contributed by atoms with Gasteiger partial charge in [-0.1, -0.05) is 0 Å². The van der Waals surface area contributed by atoms with Crippen molar-refractivity contribution >= 4 is 31.2 Å². The average molecular weight is 271 g/mol. The molecule has 0 aliphatic rings. The fraction of sp³-hybridized carbons (Fsp3) is 0. The number of hydrogen-bond donors (Lipinski definition) is 3. The molecule has 0 aromatic rings. The summed E-state index contributed by atoms with van der Waals surface area (Å²) in [5.41, 5.74) is 0. The van der Waals surface area contributed by atoms with Crippen LogP contribution in [0.15, 0.2) is 0 Å². The smallest absolute Gasteiger partial charge is 0.473 e. The molecule has 0 atom stereocenters. The molecule has 0 bridgehead atoms. The number of rotatable bonds is 2. The van der Waals surface area contributed by atoms with Crippen LogP contribution >= 0.6 is 0 Å². The summed E-state index contributed by atoms with van der Waals surface area (Å²) in [5, 5.41) is 24.3. The van der Waals surface area contributed by atoms with E-state index in [2.05, 4.69) is 9.31 Å². The summed E-state index contributed by atoms with van der Waals surface area (Å²) < 4.78 is 7.09. The Morgan fingerprint density at radius 2 is 1.13 bits per heavy atom. The zero-order chi connectivity index (χ0) is 11.3. The number of aliphatic carboxylic acids is 2. The van der Waals surface area contributed by atoms with Crippen molar-refractivity contribution in [3.8, 4) is 0 Å². The van der Waals surface area contributed by atoms with E-state index in [1.54, 1.807) is 0 Å². The Hall–Kier alpha value is -1.47. The third-order valence-electron chi connectivity index (χ3n) is 0.765. The largest absolute Gasteiger partial charge is 0.789 e. The van der Waals surface area contributed by atoms with Crippen molar-refractivity contribution in [2.45, 2.75) is 0 Å². The van der Waals surface area contributed by atoms with E-state index in [0.717, 1.165) is 0 Å². The third-order valence-corrected chi connectivity index (χ3v) is 0.765. The number of carboxylic acids is 2. The summed E-state index contributed by atoms with van der Waals surface area (Å²) in [7, 11) is -2.57. The first-order chi connectivity index (χ1) is 6.34.